The number of carboxylic acid groups (broad SMARTS) is 1. The summed E-state index contributed by atoms with van der Waals surface area (Å²) in [4.78, 5) is 15.1. The minimum Gasteiger partial charge on any atom is -0.480 e. The number of carbonyl (C=O) groups is 1. The van der Waals surface area contributed by atoms with Gasteiger partial charge in [-0.2, -0.15) is 0 Å². The van der Waals surface area contributed by atoms with E-state index in [0.717, 1.165) is 19.5 Å². The highest BCUT2D eigenvalue weighted by Gasteiger charge is 2.13. The van der Waals surface area contributed by atoms with Gasteiger partial charge in [-0.3, -0.25) is 9.69 Å². The molecular weight excluding hydrogens is 220 g/mol. The van der Waals surface area contributed by atoms with E-state index in [9.17, 15) is 4.79 Å². The normalized spacial score (nSPS) is 16.8. The molecule has 0 radical (unpaired) electrons. The fourth-order valence-electron chi connectivity index (χ4n) is 2.21. The van der Waals surface area contributed by atoms with Gasteiger partial charge in [0, 0.05) is 20.2 Å². The molecule has 0 atom stereocenters. The molecular formula is C12H24N2O3. The van der Waals surface area contributed by atoms with Crippen LogP contribution in [-0.4, -0.2) is 73.9 Å². The number of ether oxygens (including phenoxy) is 1. The summed E-state index contributed by atoms with van der Waals surface area (Å²) >= 11 is 0. The van der Waals surface area contributed by atoms with E-state index in [2.05, 4.69) is 4.90 Å². The molecule has 1 rings (SSSR count). The van der Waals surface area contributed by atoms with Crippen molar-refractivity contribution in [1.82, 2.24) is 9.80 Å². The van der Waals surface area contributed by atoms with Gasteiger partial charge in [-0.15, -0.1) is 0 Å². The second-order valence-electron chi connectivity index (χ2n) is 4.56. The second kappa shape index (κ2) is 8.44. The number of nitrogens with zero attached hydrogens (tertiary/aromatic N) is 2. The lowest BCUT2D eigenvalue weighted by Crippen LogP contribution is -2.35. The number of rotatable bonds is 9. The molecule has 100 valence electrons. The third kappa shape index (κ3) is 6.61. The topological polar surface area (TPSA) is 53.0 Å². The third-order valence-corrected chi connectivity index (χ3v) is 3.12. The van der Waals surface area contributed by atoms with Crippen LogP contribution in [0.3, 0.4) is 0 Å². The monoisotopic (exact) mass is 244 g/mol. The van der Waals surface area contributed by atoms with Crippen molar-refractivity contribution < 1.29 is 14.6 Å². The highest BCUT2D eigenvalue weighted by molar-refractivity contribution is 5.69. The Kier molecular flexibility index (Phi) is 7.16. The molecule has 0 aromatic rings. The minimum atomic E-state index is -0.762. The number of methoxy groups -OCH3 is 1. The summed E-state index contributed by atoms with van der Waals surface area (Å²) in [6.07, 6.45) is 3.65. The van der Waals surface area contributed by atoms with Gasteiger partial charge in [0.15, 0.2) is 0 Å². The van der Waals surface area contributed by atoms with Gasteiger partial charge < -0.3 is 14.7 Å². The van der Waals surface area contributed by atoms with Gasteiger partial charge in [0.1, 0.15) is 0 Å². The van der Waals surface area contributed by atoms with Crippen LogP contribution < -0.4 is 0 Å². The van der Waals surface area contributed by atoms with Crippen LogP contribution in [0.1, 0.15) is 19.3 Å². The average Bonchev–Trinajstić information content (AvgIpc) is 2.78. The first-order valence-corrected chi connectivity index (χ1v) is 6.38. The van der Waals surface area contributed by atoms with E-state index >= 15 is 0 Å². The first kappa shape index (κ1) is 14.4. The molecule has 1 saturated heterocycles. The van der Waals surface area contributed by atoms with Crippen molar-refractivity contribution >= 4 is 5.97 Å². The zero-order valence-corrected chi connectivity index (χ0v) is 10.7. The average molecular weight is 244 g/mol. The van der Waals surface area contributed by atoms with Gasteiger partial charge in [-0.05, 0) is 38.9 Å². The minimum absolute atomic E-state index is 0.114. The van der Waals surface area contributed by atoms with Crippen LogP contribution in [0.2, 0.25) is 0 Å². The summed E-state index contributed by atoms with van der Waals surface area (Å²) < 4.78 is 4.99. The molecule has 5 heteroatoms. The lowest BCUT2D eigenvalue weighted by atomic mass is 10.3. The predicted octanol–water partition coefficient (Wildman–Crippen LogP) is 0.505. The molecule has 17 heavy (non-hydrogen) atoms. The zero-order valence-electron chi connectivity index (χ0n) is 10.7. The van der Waals surface area contributed by atoms with E-state index in [1.165, 1.54) is 25.9 Å². The Balaban J connectivity index is 2.14. The standard InChI is InChI=1S/C12H24N2O3/c1-17-10-9-14(11-12(15)16)8-4-7-13-5-2-3-6-13/h2-11H2,1H3,(H,15,16). The summed E-state index contributed by atoms with van der Waals surface area (Å²) in [6.45, 7) is 5.74. The Hall–Kier alpha value is -0.650. The molecule has 0 spiro atoms. The van der Waals surface area contributed by atoms with Gasteiger partial charge in [0.2, 0.25) is 0 Å². The lowest BCUT2D eigenvalue weighted by molar-refractivity contribution is -0.138. The van der Waals surface area contributed by atoms with E-state index < -0.39 is 5.97 Å². The molecule has 0 saturated carbocycles. The zero-order chi connectivity index (χ0) is 12.5. The Morgan fingerprint density at radius 1 is 1.35 bits per heavy atom. The van der Waals surface area contributed by atoms with Gasteiger partial charge in [-0.25, -0.2) is 0 Å². The highest BCUT2D eigenvalue weighted by Crippen LogP contribution is 2.07. The number of aliphatic carboxylic acids is 1. The third-order valence-electron chi connectivity index (χ3n) is 3.12. The SMILES string of the molecule is COCCN(CCCN1CCCC1)CC(=O)O. The fraction of sp³-hybridized carbons (Fsp3) is 0.917. The number of likely N-dealkylation sites (tertiary alicyclic amines) is 1. The Labute approximate surface area is 103 Å². The van der Waals surface area contributed by atoms with Crippen LogP contribution in [-0.2, 0) is 9.53 Å². The van der Waals surface area contributed by atoms with Gasteiger partial charge in [-0.1, -0.05) is 0 Å². The first-order chi connectivity index (χ1) is 8.22. The molecule has 0 aromatic heterocycles. The Bertz CT molecular complexity index is 218. The molecule has 1 aliphatic rings. The van der Waals surface area contributed by atoms with Crippen molar-refractivity contribution in [3.8, 4) is 0 Å². The van der Waals surface area contributed by atoms with E-state index in [-0.39, 0.29) is 6.54 Å². The number of carboxylic acids is 1. The van der Waals surface area contributed by atoms with Crippen LogP contribution in [0.4, 0.5) is 0 Å². The maximum atomic E-state index is 10.7. The maximum Gasteiger partial charge on any atom is 0.317 e. The van der Waals surface area contributed by atoms with Crippen LogP contribution in [0, 0.1) is 0 Å². The molecule has 1 N–H and O–H groups in total. The molecule has 1 aliphatic heterocycles. The summed E-state index contributed by atoms with van der Waals surface area (Å²) in [6, 6.07) is 0. The largest absolute Gasteiger partial charge is 0.480 e. The molecule has 0 unspecified atom stereocenters. The van der Waals surface area contributed by atoms with Crippen molar-refractivity contribution in [1.29, 1.82) is 0 Å². The maximum absolute atomic E-state index is 10.7. The lowest BCUT2D eigenvalue weighted by Gasteiger charge is -2.21. The van der Waals surface area contributed by atoms with Crippen LogP contribution in [0.5, 0.6) is 0 Å². The van der Waals surface area contributed by atoms with E-state index in [1.54, 1.807) is 7.11 Å². The van der Waals surface area contributed by atoms with Crippen molar-refractivity contribution in [2.24, 2.45) is 0 Å². The molecule has 0 amide bonds. The Morgan fingerprint density at radius 3 is 2.65 bits per heavy atom. The van der Waals surface area contributed by atoms with Crippen LogP contribution in [0.25, 0.3) is 0 Å². The van der Waals surface area contributed by atoms with Crippen LogP contribution >= 0.6 is 0 Å². The number of hydrogen-bond donors (Lipinski definition) is 1. The summed E-state index contributed by atoms with van der Waals surface area (Å²) in [5.74, 6) is -0.762. The van der Waals surface area contributed by atoms with E-state index in [4.69, 9.17) is 9.84 Å². The first-order valence-electron chi connectivity index (χ1n) is 6.38. The molecule has 5 nitrogen and oxygen atoms in total. The smallest absolute Gasteiger partial charge is 0.317 e. The van der Waals surface area contributed by atoms with Crippen molar-refractivity contribution in [2.45, 2.75) is 19.3 Å². The van der Waals surface area contributed by atoms with Crippen LogP contribution in [0.15, 0.2) is 0 Å². The molecule has 0 aromatic carbocycles. The van der Waals surface area contributed by atoms with E-state index in [1.807, 2.05) is 4.90 Å². The second-order valence-corrected chi connectivity index (χ2v) is 4.56. The van der Waals surface area contributed by atoms with E-state index in [0.29, 0.717) is 13.2 Å². The summed E-state index contributed by atoms with van der Waals surface area (Å²) in [5.41, 5.74) is 0. The molecule has 0 bridgehead atoms. The highest BCUT2D eigenvalue weighted by atomic mass is 16.5. The van der Waals surface area contributed by atoms with Crippen molar-refractivity contribution in [2.75, 3.05) is 53.0 Å². The van der Waals surface area contributed by atoms with Gasteiger partial charge >= 0.3 is 5.97 Å². The summed E-state index contributed by atoms with van der Waals surface area (Å²) in [7, 11) is 1.64. The molecule has 0 aliphatic carbocycles. The van der Waals surface area contributed by atoms with Crippen molar-refractivity contribution in [3.05, 3.63) is 0 Å². The number of hydrogen-bond acceptors (Lipinski definition) is 4. The fourth-order valence-corrected chi connectivity index (χ4v) is 2.21. The predicted molar refractivity (Wildman–Crippen MR) is 66.2 cm³/mol. The van der Waals surface area contributed by atoms with Gasteiger partial charge in [0.25, 0.3) is 0 Å². The quantitative estimate of drug-likeness (QED) is 0.640. The molecule has 1 heterocycles. The summed E-state index contributed by atoms with van der Waals surface area (Å²) in [5, 5.41) is 8.80. The Morgan fingerprint density at radius 2 is 2.06 bits per heavy atom. The van der Waals surface area contributed by atoms with Gasteiger partial charge in [0.05, 0.1) is 13.2 Å². The van der Waals surface area contributed by atoms with Crippen molar-refractivity contribution in [3.63, 3.8) is 0 Å². The molecule has 1 fully saturated rings.